The van der Waals surface area contributed by atoms with Crippen molar-refractivity contribution >= 4 is 11.6 Å². The molecule has 1 atom stereocenters. The number of ether oxygens (including phenoxy) is 1. The third-order valence-corrected chi connectivity index (χ3v) is 3.21. The summed E-state index contributed by atoms with van der Waals surface area (Å²) in [5.74, 6) is -0.592. The second kappa shape index (κ2) is 6.87. The number of hydrogen-bond acceptors (Lipinski definition) is 2. The topological polar surface area (TPSA) is 35.2 Å². The van der Waals surface area contributed by atoms with Crippen molar-refractivity contribution in [1.29, 1.82) is 0 Å². The predicted octanol–water partition coefficient (Wildman–Crippen LogP) is 4.09. The Morgan fingerprint density at radius 2 is 2.00 bits per heavy atom. The summed E-state index contributed by atoms with van der Waals surface area (Å²) in [4.78, 5) is 0. The molecule has 0 amide bonds. The van der Waals surface area contributed by atoms with Crippen molar-refractivity contribution in [2.45, 2.75) is 26.0 Å². The van der Waals surface area contributed by atoms with Gasteiger partial charge in [-0.05, 0) is 37.1 Å². The summed E-state index contributed by atoms with van der Waals surface area (Å²) in [5.41, 5.74) is 6.76. The van der Waals surface area contributed by atoms with E-state index in [9.17, 15) is 8.78 Å². The quantitative estimate of drug-likeness (QED) is 0.902. The third kappa shape index (κ3) is 4.41. The van der Waals surface area contributed by atoms with Crippen LogP contribution in [0.25, 0.3) is 0 Å². The van der Waals surface area contributed by atoms with Crippen LogP contribution in [0.4, 0.5) is 8.78 Å². The van der Waals surface area contributed by atoms with Gasteiger partial charge in [0.1, 0.15) is 24.0 Å². The van der Waals surface area contributed by atoms with Gasteiger partial charge in [0.15, 0.2) is 0 Å². The van der Waals surface area contributed by atoms with Gasteiger partial charge in [-0.25, -0.2) is 8.78 Å². The monoisotopic (exact) mass is 311 g/mol. The van der Waals surface area contributed by atoms with Gasteiger partial charge in [-0.2, -0.15) is 0 Å². The molecule has 2 nitrogen and oxygen atoms in total. The van der Waals surface area contributed by atoms with Crippen molar-refractivity contribution in [2.75, 3.05) is 0 Å². The summed E-state index contributed by atoms with van der Waals surface area (Å²) < 4.78 is 32.7. The molecule has 0 aromatic heterocycles. The van der Waals surface area contributed by atoms with E-state index in [1.807, 2.05) is 6.92 Å². The molecule has 5 heteroatoms. The van der Waals surface area contributed by atoms with E-state index in [1.165, 1.54) is 18.2 Å². The molecule has 0 fully saturated rings. The standard InChI is InChI=1S/C16H16ClF2NO/c1-10(20)5-11-6-13(18)8-14(7-11)21-9-12-3-2-4-15(17)16(12)19/h2-4,6-8,10H,5,9,20H2,1H3. The zero-order valence-electron chi connectivity index (χ0n) is 11.6. The van der Waals surface area contributed by atoms with Crippen molar-refractivity contribution in [1.82, 2.24) is 0 Å². The van der Waals surface area contributed by atoms with E-state index < -0.39 is 11.6 Å². The van der Waals surface area contributed by atoms with Gasteiger partial charge in [-0.15, -0.1) is 0 Å². The number of halogens is 3. The molecular weight excluding hydrogens is 296 g/mol. The summed E-state index contributed by atoms with van der Waals surface area (Å²) in [6.45, 7) is 1.82. The van der Waals surface area contributed by atoms with E-state index in [-0.39, 0.29) is 17.7 Å². The Hall–Kier alpha value is -1.65. The van der Waals surface area contributed by atoms with Gasteiger partial charge in [0.2, 0.25) is 0 Å². The lowest BCUT2D eigenvalue weighted by molar-refractivity contribution is 0.298. The maximum absolute atomic E-state index is 13.7. The van der Waals surface area contributed by atoms with Gasteiger partial charge < -0.3 is 10.5 Å². The Labute approximate surface area is 127 Å². The molecule has 0 heterocycles. The minimum Gasteiger partial charge on any atom is -0.489 e. The molecule has 2 rings (SSSR count). The highest BCUT2D eigenvalue weighted by molar-refractivity contribution is 6.30. The first kappa shape index (κ1) is 15.7. The lowest BCUT2D eigenvalue weighted by Gasteiger charge is -2.11. The number of hydrogen-bond donors (Lipinski definition) is 1. The molecule has 1 unspecified atom stereocenters. The Morgan fingerprint density at radius 1 is 1.24 bits per heavy atom. The van der Waals surface area contributed by atoms with Crippen LogP contribution in [0.2, 0.25) is 5.02 Å². The molecule has 112 valence electrons. The van der Waals surface area contributed by atoms with Gasteiger partial charge >= 0.3 is 0 Å². The molecule has 0 aliphatic carbocycles. The molecule has 2 aromatic carbocycles. The van der Waals surface area contributed by atoms with Gasteiger partial charge in [0, 0.05) is 17.7 Å². The van der Waals surface area contributed by atoms with Gasteiger partial charge in [-0.3, -0.25) is 0 Å². The molecule has 0 saturated heterocycles. The largest absolute Gasteiger partial charge is 0.489 e. The van der Waals surface area contributed by atoms with E-state index in [2.05, 4.69) is 0 Å². The summed E-state index contributed by atoms with van der Waals surface area (Å²) in [6, 6.07) is 8.97. The normalized spacial score (nSPS) is 12.2. The van der Waals surface area contributed by atoms with E-state index in [0.29, 0.717) is 17.7 Å². The fourth-order valence-corrected chi connectivity index (χ4v) is 2.21. The van der Waals surface area contributed by atoms with Crippen LogP contribution in [-0.4, -0.2) is 6.04 Å². The number of rotatable bonds is 5. The van der Waals surface area contributed by atoms with E-state index in [0.717, 1.165) is 5.56 Å². The van der Waals surface area contributed by atoms with Crippen molar-refractivity contribution in [3.63, 3.8) is 0 Å². The Bertz CT molecular complexity index is 632. The van der Waals surface area contributed by atoms with Crippen LogP contribution in [0.5, 0.6) is 5.75 Å². The first-order valence-electron chi connectivity index (χ1n) is 6.56. The molecule has 0 radical (unpaired) electrons. The minimum absolute atomic E-state index is 0.0204. The predicted molar refractivity (Wildman–Crippen MR) is 79.5 cm³/mol. The van der Waals surface area contributed by atoms with Crippen LogP contribution in [0.15, 0.2) is 36.4 Å². The van der Waals surface area contributed by atoms with E-state index >= 15 is 0 Å². The Morgan fingerprint density at radius 3 is 2.71 bits per heavy atom. The highest BCUT2D eigenvalue weighted by Crippen LogP contribution is 2.22. The first-order chi connectivity index (χ1) is 9.95. The maximum Gasteiger partial charge on any atom is 0.148 e. The maximum atomic E-state index is 13.7. The second-order valence-corrected chi connectivity index (χ2v) is 5.39. The molecule has 0 saturated carbocycles. The lowest BCUT2D eigenvalue weighted by atomic mass is 10.1. The molecule has 21 heavy (non-hydrogen) atoms. The summed E-state index contributed by atoms with van der Waals surface area (Å²) in [6.07, 6.45) is 0.541. The lowest BCUT2D eigenvalue weighted by Crippen LogP contribution is -2.17. The third-order valence-electron chi connectivity index (χ3n) is 2.91. The van der Waals surface area contributed by atoms with Crippen LogP contribution in [0.3, 0.4) is 0 Å². The fraction of sp³-hybridized carbons (Fsp3) is 0.250. The van der Waals surface area contributed by atoms with Crippen molar-refractivity contribution < 1.29 is 13.5 Å². The van der Waals surface area contributed by atoms with Crippen LogP contribution in [-0.2, 0) is 13.0 Å². The summed E-state index contributed by atoms with van der Waals surface area (Å²) in [5, 5.41) is 0.0352. The molecule has 0 bridgehead atoms. The van der Waals surface area contributed by atoms with Crippen molar-refractivity contribution in [3.05, 3.63) is 64.2 Å². The van der Waals surface area contributed by atoms with Crippen LogP contribution < -0.4 is 10.5 Å². The van der Waals surface area contributed by atoms with Crippen LogP contribution in [0.1, 0.15) is 18.1 Å². The molecular formula is C16H16ClF2NO. The van der Waals surface area contributed by atoms with Gasteiger partial charge in [0.05, 0.1) is 5.02 Å². The molecule has 2 aromatic rings. The zero-order chi connectivity index (χ0) is 15.4. The molecule has 0 spiro atoms. The molecule has 2 N–H and O–H groups in total. The average molecular weight is 312 g/mol. The fourth-order valence-electron chi connectivity index (χ4n) is 2.01. The highest BCUT2D eigenvalue weighted by atomic mass is 35.5. The number of nitrogens with two attached hydrogens (primary N) is 1. The minimum atomic E-state index is -0.522. The highest BCUT2D eigenvalue weighted by Gasteiger charge is 2.08. The van der Waals surface area contributed by atoms with Crippen LogP contribution in [0, 0.1) is 11.6 Å². The van der Waals surface area contributed by atoms with Gasteiger partial charge in [0.25, 0.3) is 0 Å². The van der Waals surface area contributed by atoms with E-state index in [1.54, 1.807) is 18.2 Å². The zero-order valence-corrected chi connectivity index (χ0v) is 12.3. The van der Waals surface area contributed by atoms with E-state index in [4.69, 9.17) is 22.1 Å². The summed E-state index contributed by atoms with van der Waals surface area (Å²) >= 11 is 5.70. The van der Waals surface area contributed by atoms with Crippen LogP contribution >= 0.6 is 11.6 Å². The smallest absolute Gasteiger partial charge is 0.148 e. The molecule has 0 aliphatic rings. The summed E-state index contributed by atoms with van der Waals surface area (Å²) in [7, 11) is 0. The first-order valence-corrected chi connectivity index (χ1v) is 6.94. The van der Waals surface area contributed by atoms with Crippen molar-refractivity contribution in [3.8, 4) is 5.75 Å². The molecule has 0 aliphatic heterocycles. The second-order valence-electron chi connectivity index (χ2n) is 4.98. The van der Waals surface area contributed by atoms with Gasteiger partial charge in [-0.1, -0.05) is 23.7 Å². The number of benzene rings is 2. The SMILES string of the molecule is CC(N)Cc1cc(F)cc(OCc2cccc(Cl)c2F)c1. The van der Waals surface area contributed by atoms with Crippen molar-refractivity contribution in [2.24, 2.45) is 5.73 Å². The average Bonchev–Trinajstić information content (AvgIpc) is 2.39. The Kier molecular flexibility index (Phi) is 5.15. The Balaban J connectivity index is 2.12.